The standard InChI is InChI=1S/C8H12ClN3O/c1-13-7(5-2-3-5)8-10-6(4-9)11-12-8/h5,7H,2-4H2,1H3,(H,10,11,12). The van der Waals surface area contributed by atoms with Crippen molar-refractivity contribution in [3.8, 4) is 0 Å². The van der Waals surface area contributed by atoms with Crippen molar-refractivity contribution in [2.45, 2.75) is 24.8 Å². The van der Waals surface area contributed by atoms with E-state index in [1.807, 2.05) is 0 Å². The van der Waals surface area contributed by atoms with Crippen LogP contribution in [0.3, 0.4) is 0 Å². The predicted molar refractivity (Wildman–Crippen MR) is 48.4 cm³/mol. The Morgan fingerprint density at radius 2 is 2.46 bits per heavy atom. The van der Waals surface area contributed by atoms with Crippen LogP contribution in [0.5, 0.6) is 0 Å². The number of ether oxygens (including phenoxy) is 1. The topological polar surface area (TPSA) is 50.8 Å². The second-order valence-electron chi connectivity index (χ2n) is 3.27. The van der Waals surface area contributed by atoms with Gasteiger partial charge in [-0.3, -0.25) is 5.10 Å². The van der Waals surface area contributed by atoms with Crippen molar-refractivity contribution < 1.29 is 4.74 Å². The summed E-state index contributed by atoms with van der Waals surface area (Å²) in [5, 5.41) is 6.85. The smallest absolute Gasteiger partial charge is 0.179 e. The molecule has 0 spiro atoms. The number of aromatic nitrogens is 3. The molecule has 4 nitrogen and oxygen atoms in total. The van der Waals surface area contributed by atoms with Crippen molar-refractivity contribution in [3.05, 3.63) is 11.6 Å². The molecule has 1 N–H and O–H groups in total. The van der Waals surface area contributed by atoms with Gasteiger partial charge in [-0.1, -0.05) is 0 Å². The monoisotopic (exact) mass is 201 g/mol. The Hall–Kier alpha value is -0.610. The van der Waals surface area contributed by atoms with Crippen molar-refractivity contribution in [3.63, 3.8) is 0 Å². The Labute approximate surface area is 81.6 Å². The van der Waals surface area contributed by atoms with E-state index in [0.717, 1.165) is 5.82 Å². The van der Waals surface area contributed by atoms with E-state index >= 15 is 0 Å². The third-order valence-corrected chi connectivity index (χ3v) is 2.49. The minimum Gasteiger partial charge on any atom is -0.373 e. The lowest BCUT2D eigenvalue weighted by atomic mass is 10.2. The van der Waals surface area contributed by atoms with Crippen LogP contribution in [0.4, 0.5) is 0 Å². The van der Waals surface area contributed by atoms with Gasteiger partial charge in [-0.15, -0.1) is 11.6 Å². The number of nitrogens with one attached hydrogen (secondary N) is 1. The maximum absolute atomic E-state index is 5.61. The summed E-state index contributed by atoms with van der Waals surface area (Å²) in [4.78, 5) is 4.24. The zero-order valence-electron chi connectivity index (χ0n) is 7.46. The molecule has 72 valence electrons. The van der Waals surface area contributed by atoms with Gasteiger partial charge in [-0.25, -0.2) is 4.98 Å². The molecular formula is C8H12ClN3O. The molecular weight excluding hydrogens is 190 g/mol. The fourth-order valence-corrected chi connectivity index (χ4v) is 1.52. The number of rotatable bonds is 4. The number of halogens is 1. The van der Waals surface area contributed by atoms with Gasteiger partial charge >= 0.3 is 0 Å². The highest BCUT2D eigenvalue weighted by Crippen LogP contribution is 2.41. The van der Waals surface area contributed by atoms with Gasteiger partial charge in [-0.05, 0) is 18.8 Å². The Bertz CT molecular complexity index is 285. The summed E-state index contributed by atoms with van der Waals surface area (Å²) < 4.78 is 5.33. The quantitative estimate of drug-likeness (QED) is 0.754. The van der Waals surface area contributed by atoms with Crippen LogP contribution in [-0.4, -0.2) is 22.3 Å². The van der Waals surface area contributed by atoms with Crippen LogP contribution in [0.15, 0.2) is 0 Å². The molecule has 0 amide bonds. The molecule has 1 unspecified atom stereocenters. The zero-order chi connectivity index (χ0) is 9.26. The molecule has 0 aromatic carbocycles. The molecule has 1 aliphatic rings. The van der Waals surface area contributed by atoms with E-state index in [9.17, 15) is 0 Å². The van der Waals surface area contributed by atoms with E-state index in [1.165, 1.54) is 12.8 Å². The second-order valence-corrected chi connectivity index (χ2v) is 3.53. The summed E-state index contributed by atoms with van der Waals surface area (Å²) in [5.74, 6) is 2.41. The molecule has 13 heavy (non-hydrogen) atoms. The Balaban J connectivity index is 2.12. The lowest BCUT2D eigenvalue weighted by molar-refractivity contribution is 0.0775. The first-order chi connectivity index (χ1) is 6.35. The summed E-state index contributed by atoms with van der Waals surface area (Å²) in [6.45, 7) is 0. The van der Waals surface area contributed by atoms with Crippen LogP contribution in [-0.2, 0) is 10.6 Å². The average molecular weight is 202 g/mol. The van der Waals surface area contributed by atoms with Crippen LogP contribution in [0.1, 0.15) is 30.6 Å². The molecule has 2 rings (SSSR count). The van der Waals surface area contributed by atoms with E-state index in [2.05, 4.69) is 15.2 Å². The normalized spacial score (nSPS) is 18.9. The molecule has 0 aliphatic heterocycles. The Kier molecular flexibility index (Phi) is 2.51. The van der Waals surface area contributed by atoms with Gasteiger partial charge in [0.1, 0.15) is 11.9 Å². The van der Waals surface area contributed by atoms with E-state index in [-0.39, 0.29) is 6.10 Å². The zero-order valence-corrected chi connectivity index (χ0v) is 8.21. The largest absolute Gasteiger partial charge is 0.373 e. The molecule has 1 fully saturated rings. The molecule has 1 aromatic rings. The number of hydrogen-bond donors (Lipinski definition) is 1. The fourth-order valence-electron chi connectivity index (χ4n) is 1.40. The molecule has 0 bridgehead atoms. The van der Waals surface area contributed by atoms with E-state index in [1.54, 1.807) is 7.11 Å². The number of alkyl halides is 1. The van der Waals surface area contributed by atoms with Crippen molar-refractivity contribution in [1.29, 1.82) is 0 Å². The van der Waals surface area contributed by atoms with Crippen molar-refractivity contribution in [1.82, 2.24) is 15.2 Å². The molecule has 5 heteroatoms. The first kappa shape index (κ1) is 8.97. The minimum absolute atomic E-state index is 0.0493. The molecule has 1 atom stereocenters. The summed E-state index contributed by atoms with van der Waals surface area (Å²) in [6, 6.07) is 0. The van der Waals surface area contributed by atoms with Gasteiger partial charge in [-0.2, -0.15) is 5.10 Å². The van der Waals surface area contributed by atoms with Crippen molar-refractivity contribution in [2.24, 2.45) is 5.92 Å². The first-order valence-corrected chi connectivity index (χ1v) is 4.88. The summed E-state index contributed by atoms with van der Waals surface area (Å²) in [6.07, 6.45) is 2.47. The Morgan fingerprint density at radius 1 is 1.69 bits per heavy atom. The van der Waals surface area contributed by atoms with Crippen LogP contribution in [0, 0.1) is 5.92 Å². The first-order valence-electron chi connectivity index (χ1n) is 4.35. The SMILES string of the molecule is COC(c1n[nH]c(CCl)n1)C1CC1. The molecule has 1 heterocycles. The summed E-state index contributed by atoms with van der Waals surface area (Å²) in [5.41, 5.74) is 0. The van der Waals surface area contributed by atoms with E-state index < -0.39 is 0 Å². The molecule has 0 radical (unpaired) electrons. The summed E-state index contributed by atoms with van der Waals surface area (Å²) >= 11 is 5.61. The van der Waals surface area contributed by atoms with Crippen LogP contribution in [0.2, 0.25) is 0 Å². The second kappa shape index (κ2) is 3.64. The number of methoxy groups -OCH3 is 1. The number of H-pyrrole nitrogens is 1. The lowest BCUT2D eigenvalue weighted by Gasteiger charge is -2.08. The van der Waals surface area contributed by atoms with Crippen LogP contribution in [0.25, 0.3) is 0 Å². The molecule has 0 saturated heterocycles. The highest BCUT2D eigenvalue weighted by atomic mass is 35.5. The van der Waals surface area contributed by atoms with Crippen LogP contribution < -0.4 is 0 Å². The Morgan fingerprint density at radius 3 is 2.92 bits per heavy atom. The van der Waals surface area contributed by atoms with Crippen molar-refractivity contribution >= 4 is 11.6 Å². The number of nitrogens with zero attached hydrogens (tertiary/aromatic N) is 2. The van der Waals surface area contributed by atoms with Gasteiger partial charge in [0, 0.05) is 7.11 Å². The van der Waals surface area contributed by atoms with Gasteiger partial charge < -0.3 is 4.74 Å². The third-order valence-electron chi connectivity index (χ3n) is 2.23. The van der Waals surface area contributed by atoms with Gasteiger partial charge in [0.05, 0.1) is 5.88 Å². The fraction of sp³-hybridized carbons (Fsp3) is 0.750. The van der Waals surface area contributed by atoms with E-state index in [0.29, 0.717) is 17.6 Å². The van der Waals surface area contributed by atoms with Gasteiger partial charge in [0.15, 0.2) is 5.82 Å². The maximum Gasteiger partial charge on any atom is 0.179 e. The number of aromatic amines is 1. The van der Waals surface area contributed by atoms with Crippen molar-refractivity contribution in [2.75, 3.05) is 7.11 Å². The third kappa shape index (κ3) is 1.84. The highest BCUT2D eigenvalue weighted by molar-refractivity contribution is 6.16. The number of hydrogen-bond acceptors (Lipinski definition) is 3. The predicted octanol–water partition coefficient (Wildman–Crippen LogP) is 1.64. The molecule has 1 aliphatic carbocycles. The lowest BCUT2D eigenvalue weighted by Crippen LogP contribution is -2.05. The highest BCUT2D eigenvalue weighted by Gasteiger charge is 2.34. The van der Waals surface area contributed by atoms with E-state index in [4.69, 9.17) is 16.3 Å². The molecule has 1 saturated carbocycles. The van der Waals surface area contributed by atoms with Gasteiger partial charge in [0.2, 0.25) is 0 Å². The summed E-state index contributed by atoms with van der Waals surface area (Å²) in [7, 11) is 1.69. The maximum atomic E-state index is 5.61. The minimum atomic E-state index is 0.0493. The molecule has 1 aromatic heterocycles. The van der Waals surface area contributed by atoms with Crippen LogP contribution >= 0.6 is 11.6 Å². The average Bonchev–Trinajstić information content (AvgIpc) is 2.85. The van der Waals surface area contributed by atoms with Gasteiger partial charge in [0.25, 0.3) is 0 Å².